The summed E-state index contributed by atoms with van der Waals surface area (Å²) in [5.41, 5.74) is 0. The third-order valence-electron chi connectivity index (χ3n) is 1.17. The fourth-order valence-corrected chi connectivity index (χ4v) is 0.776. The van der Waals surface area contributed by atoms with Gasteiger partial charge in [0.15, 0.2) is 0 Å². The second-order valence-electron chi connectivity index (χ2n) is 2.01. The molecule has 1 aromatic heterocycles. The summed E-state index contributed by atoms with van der Waals surface area (Å²) in [7, 11) is 0. The molecule has 0 unspecified atom stereocenters. The predicted octanol–water partition coefficient (Wildman–Crippen LogP) is 2.42. The van der Waals surface area contributed by atoms with Crippen LogP contribution in [0.1, 0.15) is 0 Å². The van der Waals surface area contributed by atoms with E-state index < -0.39 is 10.9 Å². The number of imidazole rings is 1. The van der Waals surface area contributed by atoms with E-state index in [0.717, 1.165) is 12.4 Å². The second kappa shape index (κ2) is 2.72. The van der Waals surface area contributed by atoms with Crippen molar-refractivity contribution in [3.63, 3.8) is 0 Å². The van der Waals surface area contributed by atoms with Gasteiger partial charge in [-0.15, -0.1) is 0 Å². The fraction of sp³-hybridized carbons (Fsp3) is 0.400. The van der Waals surface area contributed by atoms with Gasteiger partial charge in [0.1, 0.15) is 0 Å². The van der Waals surface area contributed by atoms with Crippen molar-refractivity contribution < 1.29 is 17.6 Å². The lowest BCUT2D eigenvalue weighted by Crippen LogP contribution is -2.37. The molecule has 0 spiro atoms. The Balaban J connectivity index is 3.02. The molecule has 0 fully saturated rings. The van der Waals surface area contributed by atoms with E-state index in [1.165, 1.54) is 0 Å². The lowest BCUT2D eigenvalue weighted by atomic mass is 10.5. The van der Waals surface area contributed by atoms with Crippen LogP contribution in [0.3, 0.4) is 0 Å². The van der Waals surface area contributed by atoms with Gasteiger partial charge in [-0.25, -0.2) is 4.98 Å². The lowest BCUT2D eigenvalue weighted by Gasteiger charge is -2.21. The number of halogens is 5. The van der Waals surface area contributed by atoms with Gasteiger partial charge in [-0.2, -0.15) is 17.6 Å². The summed E-state index contributed by atoms with van der Waals surface area (Å²) < 4.78 is 49.6. The molecular weight excluding hydrogens is 244 g/mol. The molecule has 0 atom stereocenters. The zero-order chi connectivity index (χ0) is 9.41. The summed E-state index contributed by atoms with van der Waals surface area (Å²) in [6, 6.07) is -4.30. The summed E-state index contributed by atoms with van der Waals surface area (Å²) >= 11 is 1.59. The maximum atomic E-state index is 12.6. The molecule has 0 saturated heterocycles. The highest BCUT2D eigenvalue weighted by molar-refractivity contribution is 9.10. The van der Waals surface area contributed by atoms with Crippen molar-refractivity contribution >= 4 is 15.9 Å². The largest absolute Gasteiger partial charge is 0.403 e. The third kappa shape index (κ3) is 1.45. The first kappa shape index (κ1) is 9.50. The highest BCUT2D eigenvalue weighted by atomic mass is 79.9. The molecule has 0 aliphatic rings. The van der Waals surface area contributed by atoms with Crippen molar-refractivity contribution in [2.45, 2.75) is 10.9 Å². The van der Waals surface area contributed by atoms with Crippen molar-refractivity contribution in [2.24, 2.45) is 0 Å². The highest BCUT2D eigenvalue weighted by Crippen LogP contribution is 2.42. The molecule has 0 aliphatic carbocycles. The molecule has 0 bridgehead atoms. The second-order valence-corrected chi connectivity index (χ2v) is 3.00. The fourth-order valence-electron chi connectivity index (χ4n) is 0.572. The van der Waals surface area contributed by atoms with Gasteiger partial charge in [0.25, 0.3) is 0 Å². The Morgan fingerprint density at radius 2 is 1.83 bits per heavy atom. The van der Waals surface area contributed by atoms with E-state index in [-0.39, 0.29) is 4.57 Å². The number of hydrogen-bond donors (Lipinski definition) is 0. The first-order valence-electron chi connectivity index (χ1n) is 2.78. The molecule has 7 heteroatoms. The average Bonchev–Trinajstić information content (AvgIpc) is 2.34. The Morgan fingerprint density at radius 1 is 1.25 bits per heavy atom. The molecule has 0 N–H and O–H groups in total. The van der Waals surface area contributed by atoms with Crippen molar-refractivity contribution in [3.8, 4) is 0 Å². The number of alkyl halides is 5. The van der Waals surface area contributed by atoms with Crippen molar-refractivity contribution in [1.29, 1.82) is 0 Å². The standard InChI is InChI=1S/C5H3BrF4N2/c6-4(7,8)5(9,10)12-2-1-11-3-12/h1-3H. The molecule has 0 saturated carbocycles. The van der Waals surface area contributed by atoms with Crippen molar-refractivity contribution in [1.82, 2.24) is 9.55 Å². The topological polar surface area (TPSA) is 17.8 Å². The smallest absolute Gasteiger partial charge is 0.272 e. The zero-order valence-corrected chi connectivity index (χ0v) is 7.10. The van der Waals surface area contributed by atoms with Crippen LogP contribution in [0.25, 0.3) is 0 Å². The molecule has 0 aromatic carbocycles. The van der Waals surface area contributed by atoms with Crippen molar-refractivity contribution in [3.05, 3.63) is 18.7 Å². The van der Waals surface area contributed by atoms with Gasteiger partial charge >= 0.3 is 10.9 Å². The molecule has 0 aliphatic heterocycles. The molecule has 2 nitrogen and oxygen atoms in total. The van der Waals surface area contributed by atoms with Crippen LogP contribution in [0.2, 0.25) is 0 Å². The number of nitrogens with zero attached hydrogens (tertiary/aromatic N) is 2. The van der Waals surface area contributed by atoms with Gasteiger partial charge in [0.05, 0.1) is 6.33 Å². The van der Waals surface area contributed by atoms with Gasteiger partial charge in [-0.3, -0.25) is 4.57 Å². The Hall–Kier alpha value is -0.590. The summed E-state index contributed by atoms with van der Waals surface area (Å²) in [5.74, 6) is 0. The number of aromatic nitrogens is 2. The maximum Gasteiger partial charge on any atom is 0.403 e. The minimum atomic E-state index is -4.30. The van der Waals surface area contributed by atoms with E-state index in [9.17, 15) is 17.6 Å². The summed E-state index contributed by atoms with van der Waals surface area (Å²) in [5, 5.41) is 0. The summed E-state index contributed by atoms with van der Waals surface area (Å²) in [6.45, 7) is 0. The molecule has 1 aromatic rings. The van der Waals surface area contributed by atoms with Gasteiger partial charge in [0, 0.05) is 12.4 Å². The van der Waals surface area contributed by atoms with E-state index in [1.807, 2.05) is 0 Å². The monoisotopic (exact) mass is 246 g/mol. The van der Waals surface area contributed by atoms with Gasteiger partial charge < -0.3 is 0 Å². The molecule has 1 heterocycles. The first-order valence-corrected chi connectivity index (χ1v) is 3.58. The quantitative estimate of drug-likeness (QED) is 0.579. The predicted molar refractivity (Wildman–Crippen MR) is 36.3 cm³/mol. The minimum absolute atomic E-state index is 0.0295. The minimum Gasteiger partial charge on any atom is -0.272 e. The third-order valence-corrected chi connectivity index (χ3v) is 1.65. The van der Waals surface area contributed by atoms with Gasteiger partial charge in [-0.1, -0.05) is 0 Å². The van der Waals surface area contributed by atoms with E-state index in [2.05, 4.69) is 4.98 Å². The van der Waals surface area contributed by atoms with E-state index >= 15 is 0 Å². The maximum absolute atomic E-state index is 12.6. The molecule has 1 rings (SSSR count). The van der Waals surface area contributed by atoms with E-state index in [0.29, 0.717) is 6.33 Å². The number of hydrogen-bond acceptors (Lipinski definition) is 1. The Kier molecular flexibility index (Phi) is 2.15. The normalized spacial score (nSPS) is 13.4. The molecule has 0 amide bonds. The van der Waals surface area contributed by atoms with E-state index in [1.54, 1.807) is 15.9 Å². The van der Waals surface area contributed by atoms with Crippen LogP contribution in [0.15, 0.2) is 18.7 Å². The van der Waals surface area contributed by atoms with E-state index in [4.69, 9.17) is 0 Å². The van der Waals surface area contributed by atoms with Crippen LogP contribution in [0, 0.1) is 0 Å². The molecule has 12 heavy (non-hydrogen) atoms. The highest BCUT2D eigenvalue weighted by Gasteiger charge is 2.56. The van der Waals surface area contributed by atoms with Crippen LogP contribution in [0.4, 0.5) is 17.6 Å². The number of rotatable bonds is 2. The Bertz CT molecular complexity index is 253. The summed E-state index contributed by atoms with van der Waals surface area (Å²) in [4.78, 5) is -1.05. The first-order chi connectivity index (χ1) is 5.36. The van der Waals surface area contributed by atoms with Crippen molar-refractivity contribution in [2.75, 3.05) is 0 Å². The SMILES string of the molecule is FC(F)(Br)C(F)(F)n1ccnc1. The molecular formula is C5H3BrF4N2. The van der Waals surface area contributed by atoms with Crippen LogP contribution in [-0.4, -0.2) is 14.4 Å². The lowest BCUT2D eigenvalue weighted by molar-refractivity contribution is -0.206. The van der Waals surface area contributed by atoms with Crippen LogP contribution in [0.5, 0.6) is 0 Å². The van der Waals surface area contributed by atoms with Crippen LogP contribution < -0.4 is 0 Å². The zero-order valence-electron chi connectivity index (χ0n) is 5.52. The Morgan fingerprint density at radius 3 is 2.17 bits per heavy atom. The Labute approximate surface area is 73.3 Å². The van der Waals surface area contributed by atoms with Gasteiger partial charge in [-0.05, 0) is 15.9 Å². The van der Waals surface area contributed by atoms with Crippen LogP contribution >= 0.6 is 15.9 Å². The summed E-state index contributed by atoms with van der Waals surface area (Å²) in [6.07, 6.45) is 2.37. The average molecular weight is 247 g/mol. The van der Waals surface area contributed by atoms with Crippen LogP contribution in [-0.2, 0) is 6.05 Å². The molecule has 0 radical (unpaired) electrons. The molecule has 68 valence electrons. The van der Waals surface area contributed by atoms with Gasteiger partial charge in [0.2, 0.25) is 0 Å².